The van der Waals surface area contributed by atoms with Gasteiger partial charge in [-0.15, -0.1) is 0 Å². The van der Waals surface area contributed by atoms with Gasteiger partial charge in [-0.2, -0.15) is 0 Å². The van der Waals surface area contributed by atoms with Crippen LogP contribution in [0.1, 0.15) is 23.7 Å². The molecule has 0 bridgehead atoms. The third kappa shape index (κ3) is 4.07. The Morgan fingerprint density at radius 3 is 2.71 bits per heavy atom. The number of nitrogens with one attached hydrogen (secondary N) is 1. The molecule has 0 amide bonds. The molecule has 1 aromatic rings. The second-order valence-corrected chi connectivity index (χ2v) is 5.34. The fraction of sp³-hybridized carbons (Fsp3) is 0.364. The summed E-state index contributed by atoms with van der Waals surface area (Å²) in [6.07, 6.45) is 0.534. The Balaban J connectivity index is 2.90. The first kappa shape index (κ1) is 13.5. The molecule has 0 fully saturated rings. The first-order valence-electron chi connectivity index (χ1n) is 5.17. The summed E-state index contributed by atoms with van der Waals surface area (Å²) in [6.45, 7) is 1.78. The largest absolute Gasteiger partial charge is 0.465 e. The molecule has 0 aromatic heterocycles. The number of sulfonamides is 1. The van der Waals surface area contributed by atoms with Crippen LogP contribution in [0.2, 0.25) is 0 Å². The molecular formula is C11H15NO4S. The number of esters is 1. The third-order valence-corrected chi connectivity index (χ3v) is 3.52. The van der Waals surface area contributed by atoms with Gasteiger partial charge in [0.1, 0.15) is 0 Å². The summed E-state index contributed by atoms with van der Waals surface area (Å²) in [6, 6.07) is 6.18. The number of hydrogen-bond donors (Lipinski definition) is 1. The van der Waals surface area contributed by atoms with Crippen molar-refractivity contribution < 1.29 is 17.9 Å². The van der Waals surface area contributed by atoms with Gasteiger partial charge in [-0.3, -0.25) is 4.72 Å². The standard InChI is InChI=1S/C11H15NO4S/c1-3-7-17(14,15)12-10-6-4-5-9(8-10)11(13)16-2/h4-6,8,12H,3,7H2,1-2H3. The highest BCUT2D eigenvalue weighted by molar-refractivity contribution is 7.92. The first-order valence-corrected chi connectivity index (χ1v) is 6.82. The minimum absolute atomic E-state index is 0.0510. The maximum Gasteiger partial charge on any atom is 0.337 e. The van der Waals surface area contributed by atoms with Crippen LogP contribution >= 0.6 is 0 Å². The molecule has 0 spiro atoms. The molecule has 0 saturated heterocycles. The monoisotopic (exact) mass is 257 g/mol. The van der Waals surface area contributed by atoms with Crippen molar-refractivity contribution in [3.05, 3.63) is 29.8 Å². The summed E-state index contributed by atoms with van der Waals surface area (Å²) in [5.41, 5.74) is 0.672. The molecule has 0 heterocycles. The highest BCUT2D eigenvalue weighted by Crippen LogP contribution is 2.13. The van der Waals surface area contributed by atoms with E-state index in [0.717, 1.165) is 0 Å². The maximum absolute atomic E-state index is 11.5. The molecule has 6 heteroatoms. The number of carbonyl (C=O) groups is 1. The quantitative estimate of drug-likeness (QED) is 0.814. The van der Waals surface area contributed by atoms with Gasteiger partial charge in [0.15, 0.2) is 0 Å². The number of benzene rings is 1. The molecular weight excluding hydrogens is 242 g/mol. The maximum atomic E-state index is 11.5. The molecule has 5 nitrogen and oxygen atoms in total. The summed E-state index contributed by atoms with van der Waals surface area (Å²) in [5.74, 6) is -0.448. The van der Waals surface area contributed by atoms with Crippen molar-refractivity contribution >= 4 is 21.7 Å². The van der Waals surface area contributed by atoms with Gasteiger partial charge in [0.2, 0.25) is 10.0 Å². The fourth-order valence-corrected chi connectivity index (χ4v) is 2.45. The van der Waals surface area contributed by atoms with Gasteiger partial charge in [-0.25, -0.2) is 13.2 Å². The van der Waals surface area contributed by atoms with Crippen molar-refractivity contribution in [1.29, 1.82) is 0 Å². The minimum atomic E-state index is -3.34. The Morgan fingerprint density at radius 1 is 1.41 bits per heavy atom. The summed E-state index contributed by atoms with van der Waals surface area (Å²) >= 11 is 0. The summed E-state index contributed by atoms with van der Waals surface area (Å²) in [4.78, 5) is 11.3. The molecule has 1 N–H and O–H groups in total. The van der Waals surface area contributed by atoms with Gasteiger partial charge in [0, 0.05) is 5.69 Å². The number of anilines is 1. The zero-order chi connectivity index (χ0) is 12.9. The Morgan fingerprint density at radius 2 is 2.12 bits per heavy atom. The van der Waals surface area contributed by atoms with E-state index in [0.29, 0.717) is 17.7 Å². The highest BCUT2D eigenvalue weighted by atomic mass is 32.2. The smallest absolute Gasteiger partial charge is 0.337 e. The van der Waals surface area contributed by atoms with E-state index in [1.54, 1.807) is 25.1 Å². The predicted molar refractivity (Wildman–Crippen MR) is 65.5 cm³/mol. The lowest BCUT2D eigenvalue weighted by Gasteiger charge is -2.07. The zero-order valence-electron chi connectivity index (χ0n) is 9.76. The molecule has 0 radical (unpaired) electrons. The van der Waals surface area contributed by atoms with Crippen LogP contribution in [-0.2, 0) is 14.8 Å². The summed E-state index contributed by atoms with van der Waals surface area (Å²) in [7, 11) is -2.06. The molecule has 0 aliphatic rings. The average molecular weight is 257 g/mol. The van der Waals surface area contributed by atoms with Crippen molar-refractivity contribution in [2.24, 2.45) is 0 Å². The molecule has 1 aromatic carbocycles. The van der Waals surface area contributed by atoms with Crippen LogP contribution in [0, 0.1) is 0 Å². The van der Waals surface area contributed by atoms with Gasteiger partial charge >= 0.3 is 5.97 Å². The Labute approximate surface area is 101 Å². The highest BCUT2D eigenvalue weighted by Gasteiger charge is 2.11. The van der Waals surface area contributed by atoms with E-state index in [-0.39, 0.29) is 5.75 Å². The Kier molecular flexibility index (Phi) is 4.51. The molecule has 17 heavy (non-hydrogen) atoms. The van der Waals surface area contributed by atoms with E-state index >= 15 is 0 Å². The van der Waals surface area contributed by atoms with Crippen molar-refractivity contribution in [3.8, 4) is 0 Å². The molecule has 0 unspecified atom stereocenters. The second-order valence-electron chi connectivity index (χ2n) is 3.49. The van der Waals surface area contributed by atoms with Gasteiger partial charge in [0.25, 0.3) is 0 Å². The van der Waals surface area contributed by atoms with Gasteiger partial charge in [-0.05, 0) is 24.6 Å². The van der Waals surface area contributed by atoms with E-state index < -0.39 is 16.0 Å². The van der Waals surface area contributed by atoms with Crippen LogP contribution in [-0.4, -0.2) is 27.2 Å². The second kappa shape index (κ2) is 5.67. The number of rotatable bonds is 5. The van der Waals surface area contributed by atoms with Crippen molar-refractivity contribution in [2.45, 2.75) is 13.3 Å². The van der Waals surface area contributed by atoms with E-state index in [1.807, 2.05) is 0 Å². The summed E-state index contributed by atoms with van der Waals surface area (Å²) < 4.78 is 30.0. The predicted octanol–water partition coefficient (Wildman–Crippen LogP) is 1.62. The Hall–Kier alpha value is -1.56. The molecule has 94 valence electrons. The van der Waals surface area contributed by atoms with Crippen LogP contribution in [0.15, 0.2) is 24.3 Å². The number of ether oxygens (including phenoxy) is 1. The zero-order valence-corrected chi connectivity index (χ0v) is 10.6. The third-order valence-electron chi connectivity index (χ3n) is 2.03. The number of methoxy groups -OCH3 is 1. The van der Waals surface area contributed by atoms with Gasteiger partial charge in [0.05, 0.1) is 18.4 Å². The first-order chi connectivity index (χ1) is 7.98. The van der Waals surface area contributed by atoms with Crippen LogP contribution in [0.3, 0.4) is 0 Å². The molecule has 0 aliphatic carbocycles. The van der Waals surface area contributed by atoms with Gasteiger partial charge < -0.3 is 4.74 Å². The number of carbonyl (C=O) groups excluding carboxylic acids is 1. The van der Waals surface area contributed by atoms with Gasteiger partial charge in [-0.1, -0.05) is 13.0 Å². The lowest BCUT2D eigenvalue weighted by molar-refractivity contribution is 0.0601. The van der Waals surface area contributed by atoms with E-state index in [1.165, 1.54) is 13.2 Å². The molecule has 1 rings (SSSR count). The minimum Gasteiger partial charge on any atom is -0.465 e. The van der Waals surface area contributed by atoms with Crippen LogP contribution < -0.4 is 4.72 Å². The van der Waals surface area contributed by atoms with Crippen LogP contribution in [0.25, 0.3) is 0 Å². The van der Waals surface area contributed by atoms with Crippen molar-refractivity contribution in [1.82, 2.24) is 0 Å². The van der Waals surface area contributed by atoms with Crippen molar-refractivity contribution in [3.63, 3.8) is 0 Å². The lowest BCUT2D eigenvalue weighted by atomic mass is 10.2. The van der Waals surface area contributed by atoms with Crippen molar-refractivity contribution in [2.75, 3.05) is 17.6 Å². The van der Waals surface area contributed by atoms with E-state index in [9.17, 15) is 13.2 Å². The summed E-state index contributed by atoms with van der Waals surface area (Å²) in [5, 5.41) is 0. The molecule has 0 saturated carbocycles. The molecule has 0 atom stereocenters. The SMILES string of the molecule is CCCS(=O)(=O)Nc1cccc(C(=O)OC)c1. The van der Waals surface area contributed by atoms with E-state index in [2.05, 4.69) is 9.46 Å². The number of hydrogen-bond acceptors (Lipinski definition) is 4. The average Bonchev–Trinajstić information content (AvgIpc) is 2.27. The lowest BCUT2D eigenvalue weighted by Crippen LogP contribution is -2.16. The van der Waals surface area contributed by atoms with E-state index in [4.69, 9.17) is 0 Å². The normalized spacial score (nSPS) is 10.9. The topological polar surface area (TPSA) is 72.5 Å². The molecule has 0 aliphatic heterocycles. The van der Waals surface area contributed by atoms with Crippen LogP contribution in [0.5, 0.6) is 0 Å². The Bertz CT molecular complexity index is 496. The van der Waals surface area contributed by atoms with Crippen LogP contribution in [0.4, 0.5) is 5.69 Å². The fourth-order valence-electron chi connectivity index (χ4n) is 1.33.